The highest BCUT2D eigenvalue weighted by Gasteiger charge is 2.09. The summed E-state index contributed by atoms with van der Waals surface area (Å²) in [4.78, 5) is 0. The quantitative estimate of drug-likeness (QED) is 0.379. The molecule has 0 heterocycles. The number of hydrogen-bond acceptors (Lipinski definition) is 5. The van der Waals surface area contributed by atoms with E-state index in [2.05, 4.69) is 37.4 Å². The Morgan fingerprint density at radius 3 is 1.58 bits per heavy atom. The summed E-state index contributed by atoms with van der Waals surface area (Å²) in [7, 11) is 0. The molecule has 4 nitrogen and oxygen atoms in total. The molecular weight excluding hydrogens is 408 g/mol. The van der Waals surface area contributed by atoms with Gasteiger partial charge in [-0.2, -0.15) is 11.8 Å². The summed E-state index contributed by atoms with van der Waals surface area (Å²) in [5.74, 6) is 1.02. The van der Waals surface area contributed by atoms with Crippen molar-refractivity contribution < 1.29 is 19.7 Å². The molecular formula is C26H34O4S. The van der Waals surface area contributed by atoms with Crippen LogP contribution >= 0.6 is 11.8 Å². The van der Waals surface area contributed by atoms with Gasteiger partial charge in [0.25, 0.3) is 0 Å². The van der Waals surface area contributed by atoms with Gasteiger partial charge in [-0.15, -0.1) is 13.2 Å². The molecule has 168 valence electrons. The van der Waals surface area contributed by atoms with Crippen molar-refractivity contribution in [3.05, 3.63) is 96.1 Å². The van der Waals surface area contributed by atoms with Gasteiger partial charge in [-0.1, -0.05) is 60.7 Å². The number of hydrogen-bond donors (Lipinski definition) is 2. The SMILES string of the molecule is C=CCc1cccc(COCC(O)CSCC(O)COCc2cccc(CC=C)c2)c1. The van der Waals surface area contributed by atoms with E-state index in [-0.39, 0.29) is 13.2 Å². The number of aliphatic hydroxyl groups is 2. The lowest BCUT2D eigenvalue weighted by Gasteiger charge is -2.14. The number of rotatable bonds is 16. The lowest BCUT2D eigenvalue weighted by molar-refractivity contribution is 0.0373. The van der Waals surface area contributed by atoms with Gasteiger partial charge in [0.15, 0.2) is 0 Å². The molecule has 0 spiro atoms. The van der Waals surface area contributed by atoms with Crippen LogP contribution in [-0.2, 0) is 35.5 Å². The van der Waals surface area contributed by atoms with Gasteiger partial charge in [0.2, 0.25) is 0 Å². The van der Waals surface area contributed by atoms with Crippen molar-refractivity contribution in [2.45, 2.75) is 38.3 Å². The predicted molar refractivity (Wildman–Crippen MR) is 129 cm³/mol. The van der Waals surface area contributed by atoms with E-state index in [1.165, 1.54) is 22.9 Å². The van der Waals surface area contributed by atoms with Crippen LogP contribution < -0.4 is 0 Å². The third-order valence-electron chi connectivity index (χ3n) is 4.52. The Morgan fingerprint density at radius 1 is 0.742 bits per heavy atom. The first-order chi connectivity index (χ1) is 15.1. The van der Waals surface area contributed by atoms with E-state index in [9.17, 15) is 10.2 Å². The molecule has 0 bridgehead atoms. The molecule has 2 aromatic rings. The van der Waals surface area contributed by atoms with Crippen LogP contribution in [0.4, 0.5) is 0 Å². The van der Waals surface area contributed by atoms with Gasteiger partial charge >= 0.3 is 0 Å². The van der Waals surface area contributed by atoms with Gasteiger partial charge in [-0.3, -0.25) is 0 Å². The van der Waals surface area contributed by atoms with E-state index < -0.39 is 12.2 Å². The molecule has 2 unspecified atom stereocenters. The van der Waals surface area contributed by atoms with Crippen LogP contribution in [0.1, 0.15) is 22.3 Å². The van der Waals surface area contributed by atoms with Gasteiger partial charge in [0.05, 0.1) is 38.6 Å². The van der Waals surface area contributed by atoms with E-state index in [1.807, 2.05) is 36.4 Å². The second-order valence-electron chi connectivity index (χ2n) is 7.50. The van der Waals surface area contributed by atoms with E-state index in [0.717, 1.165) is 24.0 Å². The van der Waals surface area contributed by atoms with E-state index >= 15 is 0 Å². The summed E-state index contributed by atoms with van der Waals surface area (Å²) in [6, 6.07) is 16.3. The Bertz CT molecular complexity index is 727. The Labute approximate surface area is 190 Å². The van der Waals surface area contributed by atoms with Gasteiger partial charge in [0, 0.05) is 11.5 Å². The number of aliphatic hydroxyl groups excluding tert-OH is 2. The van der Waals surface area contributed by atoms with Gasteiger partial charge in [-0.25, -0.2) is 0 Å². The highest BCUT2D eigenvalue weighted by atomic mass is 32.2. The summed E-state index contributed by atoms with van der Waals surface area (Å²) in [6.07, 6.45) is 4.29. The Kier molecular flexibility index (Phi) is 12.3. The Balaban J connectivity index is 1.55. The van der Waals surface area contributed by atoms with Crippen molar-refractivity contribution in [1.82, 2.24) is 0 Å². The third-order valence-corrected chi connectivity index (χ3v) is 5.76. The Morgan fingerprint density at radius 2 is 1.16 bits per heavy atom. The van der Waals surface area contributed by atoms with Crippen LogP contribution in [0.15, 0.2) is 73.8 Å². The summed E-state index contributed by atoms with van der Waals surface area (Å²) in [5.41, 5.74) is 4.57. The fraction of sp³-hybridized carbons (Fsp3) is 0.385. The monoisotopic (exact) mass is 442 g/mol. The summed E-state index contributed by atoms with van der Waals surface area (Å²) >= 11 is 1.50. The van der Waals surface area contributed by atoms with Crippen LogP contribution in [0.25, 0.3) is 0 Å². The molecule has 5 heteroatoms. The zero-order chi connectivity index (χ0) is 22.3. The third kappa shape index (κ3) is 10.8. The van der Waals surface area contributed by atoms with E-state index in [0.29, 0.717) is 24.7 Å². The van der Waals surface area contributed by atoms with Crippen LogP contribution in [0.3, 0.4) is 0 Å². The zero-order valence-corrected chi connectivity index (χ0v) is 18.9. The largest absolute Gasteiger partial charge is 0.390 e. The zero-order valence-electron chi connectivity index (χ0n) is 18.1. The maximum Gasteiger partial charge on any atom is 0.0863 e. The van der Waals surface area contributed by atoms with Crippen LogP contribution in [0.5, 0.6) is 0 Å². The maximum absolute atomic E-state index is 10.1. The van der Waals surface area contributed by atoms with Crippen LogP contribution in [0, 0.1) is 0 Å². The first kappa shape index (κ1) is 25.4. The molecule has 0 amide bonds. The standard InChI is InChI=1S/C26H34O4S/c1-3-7-21-9-5-11-23(13-21)15-29-17-25(27)19-31-20-26(28)18-30-16-24-12-6-10-22(14-24)8-4-2/h3-6,9-14,25-28H,1-2,7-8,15-20H2. The molecule has 0 aliphatic carbocycles. The normalized spacial score (nSPS) is 13.0. The molecule has 2 aromatic carbocycles. The second-order valence-corrected chi connectivity index (χ2v) is 8.58. The minimum absolute atomic E-state index is 0.270. The molecule has 0 aliphatic heterocycles. The number of thioether (sulfide) groups is 1. The average Bonchev–Trinajstić information content (AvgIpc) is 2.75. The van der Waals surface area contributed by atoms with Crippen molar-refractivity contribution in [3.8, 4) is 0 Å². The van der Waals surface area contributed by atoms with E-state index in [4.69, 9.17) is 9.47 Å². The first-order valence-corrected chi connectivity index (χ1v) is 11.7. The maximum atomic E-state index is 10.1. The highest BCUT2D eigenvalue weighted by Crippen LogP contribution is 2.11. The summed E-state index contributed by atoms with van der Waals surface area (Å²) in [6.45, 7) is 8.99. The average molecular weight is 443 g/mol. The van der Waals surface area contributed by atoms with Crippen LogP contribution in [-0.4, -0.2) is 47.1 Å². The number of benzene rings is 2. The molecule has 0 saturated heterocycles. The molecule has 2 rings (SSSR count). The van der Waals surface area contributed by atoms with Crippen molar-refractivity contribution in [2.75, 3.05) is 24.7 Å². The predicted octanol–water partition coefficient (Wildman–Crippen LogP) is 4.33. The highest BCUT2D eigenvalue weighted by molar-refractivity contribution is 7.99. The molecule has 0 saturated carbocycles. The molecule has 31 heavy (non-hydrogen) atoms. The fourth-order valence-corrected chi connectivity index (χ4v) is 3.96. The van der Waals surface area contributed by atoms with Crippen LogP contribution in [0.2, 0.25) is 0 Å². The molecule has 0 fully saturated rings. The van der Waals surface area contributed by atoms with Crippen molar-refractivity contribution in [1.29, 1.82) is 0 Å². The Hall–Kier alpha value is -1.89. The lowest BCUT2D eigenvalue weighted by atomic mass is 10.1. The molecule has 2 N–H and O–H groups in total. The topological polar surface area (TPSA) is 58.9 Å². The van der Waals surface area contributed by atoms with Gasteiger partial charge in [0.1, 0.15) is 0 Å². The second kappa shape index (κ2) is 15.0. The molecule has 2 atom stereocenters. The van der Waals surface area contributed by atoms with Crippen molar-refractivity contribution >= 4 is 11.8 Å². The molecule has 0 aromatic heterocycles. The molecule has 0 radical (unpaired) electrons. The van der Waals surface area contributed by atoms with E-state index in [1.54, 1.807) is 0 Å². The molecule has 0 aliphatic rings. The number of ether oxygens (including phenoxy) is 2. The number of allylic oxidation sites excluding steroid dienone is 2. The van der Waals surface area contributed by atoms with Crippen molar-refractivity contribution in [2.24, 2.45) is 0 Å². The summed E-state index contributed by atoms with van der Waals surface area (Å²) < 4.78 is 11.3. The first-order valence-electron chi connectivity index (χ1n) is 10.6. The minimum atomic E-state index is -0.568. The minimum Gasteiger partial charge on any atom is -0.390 e. The van der Waals surface area contributed by atoms with Crippen molar-refractivity contribution in [3.63, 3.8) is 0 Å². The fourth-order valence-electron chi connectivity index (χ4n) is 3.09. The summed E-state index contributed by atoms with van der Waals surface area (Å²) in [5, 5.41) is 20.2. The van der Waals surface area contributed by atoms with Gasteiger partial charge < -0.3 is 19.7 Å². The van der Waals surface area contributed by atoms with Gasteiger partial charge in [-0.05, 0) is 35.1 Å². The smallest absolute Gasteiger partial charge is 0.0863 e. The lowest BCUT2D eigenvalue weighted by Crippen LogP contribution is -2.22.